The molecule has 1 rings (SSSR count). The molecule has 0 aromatic heterocycles. The lowest BCUT2D eigenvalue weighted by Crippen LogP contribution is -2.00. The van der Waals surface area contributed by atoms with Crippen LogP contribution in [0.2, 0.25) is 0 Å². The first-order valence-corrected chi connectivity index (χ1v) is 4.81. The summed E-state index contributed by atoms with van der Waals surface area (Å²) in [4.78, 5) is 0. The number of hydrogen-bond donors (Lipinski definition) is 0. The van der Waals surface area contributed by atoms with Gasteiger partial charge in [0.05, 0.1) is 21.3 Å². The van der Waals surface area contributed by atoms with Crippen molar-refractivity contribution in [2.45, 2.75) is 0 Å². The smallest absolute Gasteiger partial charge is 0.207 e. The summed E-state index contributed by atoms with van der Waals surface area (Å²) in [5, 5.41) is 0. The summed E-state index contributed by atoms with van der Waals surface area (Å²) in [5.41, 5.74) is 0. The summed E-state index contributed by atoms with van der Waals surface area (Å²) < 4.78 is 21.1. The Balaban J connectivity index is 3.14. The number of benzene rings is 1. The lowest BCUT2D eigenvalue weighted by molar-refractivity contribution is 0.295. The zero-order valence-corrected chi connectivity index (χ0v) is 9.78. The van der Waals surface area contributed by atoms with Crippen molar-refractivity contribution in [1.82, 2.24) is 0 Å². The summed E-state index contributed by atoms with van der Waals surface area (Å²) in [7, 11) is 4.68. The van der Waals surface area contributed by atoms with Gasteiger partial charge in [0.25, 0.3) is 0 Å². The fourth-order valence-corrected chi connectivity index (χ4v) is 1.34. The quantitative estimate of drug-likeness (QED) is 0.695. The molecule has 0 saturated carbocycles. The van der Waals surface area contributed by atoms with Crippen molar-refractivity contribution in [1.29, 1.82) is 0 Å². The molecule has 1 aromatic carbocycles. The molecule has 0 aliphatic rings. The Bertz CT molecular complexity index is 360. The normalized spacial score (nSPS) is 9.44. The lowest BCUT2D eigenvalue weighted by Gasteiger charge is -2.15. The minimum atomic E-state index is 0.409. The fourth-order valence-electron chi connectivity index (χ4n) is 1.34. The maximum atomic E-state index is 5.44. The van der Waals surface area contributed by atoms with E-state index in [1.165, 1.54) is 0 Å². The molecule has 0 aliphatic heterocycles. The van der Waals surface area contributed by atoms with Gasteiger partial charge < -0.3 is 18.9 Å². The van der Waals surface area contributed by atoms with Crippen molar-refractivity contribution in [3.63, 3.8) is 0 Å². The Morgan fingerprint density at radius 2 is 1.56 bits per heavy atom. The largest absolute Gasteiger partial charge is 0.493 e. The molecule has 0 bridgehead atoms. The van der Waals surface area contributed by atoms with Gasteiger partial charge in [-0.2, -0.15) is 0 Å². The van der Waals surface area contributed by atoms with Crippen molar-refractivity contribution in [3.05, 3.63) is 24.8 Å². The second-order valence-corrected chi connectivity index (χ2v) is 2.93. The van der Waals surface area contributed by atoms with Gasteiger partial charge in [-0.05, 0) is 12.1 Å². The van der Waals surface area contributed by atoms with Crippen LogP contribution in [0.3, 0.4) is 0 Å². The summed E-state index contributed by atoms with van der Waals surface area (Å²) in [6.45, 7) is 3.99. The molecule has 0 amide bonds. The van der Waals surface area contributed by atoms with Gasteiger partial charge in [-0.1, -0.05) is 12.7 Å². The molecule has 4 heteroatoms. The number of methoxy groups -OCH3 is 3. The van der Waals surface area contributed by atoms with E-state index in [4.69, 9.17) is 18.9 Å². The highest BCUT2D eigenvalue weighted by Crippen LogP contribution is 2.43. The molecule has 0 radical (unpaired) electrons. The van der Waals surface area contributed by atoms with Crippen LogP contribution in [0.25, 0.3) is 0 Å². The molecule has 0 atom stereocenters. The third-order valence-electron chi connectivity index (χ3n) is 2.02. The zero-order valence-electron chi connectivity index (χ0n) is 9.78. The van der Waals surface area contributed by atoms with E-state index in [9.17, 15) is 0 Å². The first-order chi connectivity index (χ1) is 7.78. The van der Waals surface area contributed by atoms with E-state index < -0.39 is 0 Å². The summed E-state index contributed by atoms with van der Waals surface area (Å²) >= 11 is 0. The minimum Gasteiger partial charge on any atom is -0.493 e. The van der Waals surface area contributed by atoms with Crippen molar-refractivity contribution < 1.29 is 18.9 Å². The Labute approximate surface area is 95.4 Å². The number of hydrogen-bond acceptors (Lipinski definition) is 4. The second kappa shape index (κ2) is 5.90. The molecule has 0 unspecified atom stereocenters. The van der Waals surface area contributed by atoms with Crippen LogP contribution >= 0.6 is 0 Å². The highest BCUT2D eigenvalue weighted by Gasteiger charge is 2.16. The van der Waals surface area contributed by atoms with Crippen molar-refractivity contribution in [2.75, 3.05) is 27.9 Å². The van der Waals surface area contributed by atoms with Gasteiger partial charge in [-0.15, -0.1) is 0 Å². The van der Waals surface area contributed by atoms with Crippen LogP contribution in [0, 0.1) is 0 Å². The van der Waals surface area contributed by atoms with Crippen LogP contribution in [0.5, 0.6) is 23.0 Å². The van der Waals surface area contributed by atoms with E-state index in [-0.39, 0.29) is 0 Å². The van der Waals surface area contributed by atoms with Gasteiger partial charge in [0.2, 0.25) is 11.5 Å². The molecule has 16 heavy (non-hydrogen) atoms. The third-order valence-corrected chi connectivity index (χ3v) is 2.02. The van der Waals surface area contributed by atoms with Gasteiger partial charge in [0.15, 0.2) is 11.5 Å². The molecule has 0 fully saturated rings. The highest BCUT2D eigenvalue weighted by molar-refractivity contribution is 5.59. The number of ether oxygens (including phenoxy) is 4. The van der Waals surface area contributed by atoms with E-state index >= 15 is 0 Å². The molecule has 1 aromatic rings. The predicted molar refractivity (Wildman–Crippen MR) is 61.8 cm³/mol. The summed E-state index contributed by atoms with van der Waals surface area (Å²) in [5.74, 6) is 2.24. The van der Waals surface area contributed by atoms with E-state index in [0.29, 0.717) is 29.6 Å². The van der Waals surface area contributed by atoms with Crippen LogP contribution in [0.4, 0.5) is 0 Å². The van der Waals surface area contributed by atoms with Crippen molar-refractivity contribution in [2.24, 2.45) is 0 Å². The molecule has 4 nitrogen and oxygen atoms in total. The SMILES string of the molecule is C=CCOc1ccc(OC)c(OC)c1OC. The fraction of sp³-hybridized carbons (Fsp3) is 0.333. The maximum Gasteiger partial charge on any atom is 0.207 e. The van der Waals surface area contributed by atoms with Gasteiger partial charge >= 0.3 is 0 Å². The van der Waals surface area contributed by atoms with Crippen LogP contribution in [0.15, 0.2) is 24.8 Å². The second-order valence-electron chi connectivity index (χ2n) is 2.93. The average molecular weight is 224 g/mol. The molecular formula is C12H16O4. The summed E-state index contributed by atoms with van der Waals surface area (Å²) in [6.07, 6.45) is 1.66. The van der Waals surface area contributed by atoms with Gasteiger partial charge in [0, 0.05) is 0 Å². The predicted octanol–water partition coefficient (Wildman–Crippen LogP) is 2.28. The van der Waals surface area contributed by atoms with Crippen LogP contribution in [0.1, 0.15) is 0 Å². The molecule has 88 valence electrons. The minimum absolute atomic E-state index is 0.409. The molecule has 0 heterocycles. The molecule has 0 N–H and O–H groups in total. The molecule has 0 aliphatic carbocycles. The van der Waals surface area contributed by atoms with Gasteiger partial charge in [-0.3, -0.25) is 0 Å². The third kappa shape index (κ3) is 2.39. The van der Waals surface area contributed by atoms with Crippen LogP contribution in [-0.4, -0.2) is 27.9 Å². The Morgan fingerprint density at radius 3 is 2.06 bits per heavy atom. The van der Waals surface area contributed by atoms with E-state index in [0.717, 1.165) is 0 Å². The highest BCUT2D eigenvalue weighted by atomic mass is 16.5. The molecule has 0 spiro atoms. The first-order valence-electron chi connectivity index (χ1n) is 4.81. The van der Waals surface area contributed by atoms with Crippen LogP contribution in [-0.2, 0) is 0 Å². The average Bonchev–Trinajstić information content (AvgIpc) is 2.34. The van der Waals surface area contributed by atoms with Crippen LogP contribution < -0.4 is 18.9 Å². The first kappa shape index (κ1) is 12.2. The Morgan fingerprint density at radius 1 is 1.00 bits per heavy atom. The monoisotopic (exact) mass is 224 g/mol. The van der Waals surface area contributed by atoms with E-state index in [1.807, 2.05) is 0 Å². The molecular weight excluding hydrogens is 208 g/mol. The van der Waals surface area contributed by atoms with E-state index in [2.05, 4.69) is 6.58 Å². The lowest BCUT2D eigenvalue weighted by atomic mass is 10.2. The Hall–Kier alpha value is -1.84. The number of rotatable bonds is 6. The van der Waals surface area contributed by atoms with Crippen molar-refractivity contribution >= 4 is 0 Å². The van der Waals surface area contributed by atoms with Gasteiger partial charge in [0.1, 0.15) is 6.61 Å². The topological polar surface area (TPSA) is 36.9 Å². The Kier molecular flexibility index (Phi) is 4.51. The molecule has 0 saturated heterocycles. The maximum absolute atomic E-state index is 5.44. The van der Waals surface area contributed by atoms with Crippen molar-refractivity contribution in [3.8, 4) is 23.0 Å². The zero-order chi connectivity index (χ0) is 12.0. The standard InChI is InChI=1S/C12H16O4/c1-5-8-16-10-7-6-9(13-2)11(14-3)12(10)15-4/h5-7H,1,8H2,2-4H3. The van der Waals surface area contributed by atoms with Gasteiger partial charge in [-0.25, -0.2) is 0 Å². The summed E-state index contributed by atoms with van der Waals surface area (Å²) in [6, 6.07) is 3.53. The van der Waals surface area contributed by atoms with E-state index in [1.54, 1.807) is 39.5 Å².